The van der Waals surface area contributed by atoms with Gasteiger partial charge in [0.15, 0.2) is 5.03 Å². The van der Waals surface area contributed by atoms with E-state index in [0.717, 1.165) is 0 Å². The monoisotopic (exact) mass is 509 g/mol. The van der Waals surface area contributed by atoms with Gasteiger partial charge in [-0.15, -0.1) is 0 Å². The summed E-state index contributed by atoms with van der Waals surface area (Å²) in [4.78, 5) is 19.4. The maximum absolute atomic E-state index is 13.8. The third-order valence-electron chi connectivity index (χ3n) is 5.84. The molecule has 1 amide bonds. The SMILES string of the molecule is CC(C)(C)c1cc(-c2ccccc2)c(C#N)c(S(=O)(=O)CC(=O)N(c2ccccc2)c2ccccc2)n1. The number of aromatic nitrogens is 1. The van der Waals surface area contributed by atoms with Gasteiger partial charge in [-0.25, -0.2) is 13.4 Å². The van der Waals surface area contributed by atoms with Crippen molar-refractivity contribution in [3.05, 3.63) is 108 Å². The van der Waals surface area contributed by atoms with E-state index in [4.69, 9.17) is 0 Å². The van der Waals surface area contributed by atoms with Crippen LogP contribution >= 0.6 is 0 Å². The second-order valence-corrected chi connectivity index (χ2v) is 11.5. The molecule has 3 aromatic carbocycles. The number of benzene rings is 3. The molecule has 186 valence electrons. The van der Waals surface area contributed by atoms with Gasteiger partial charge in [0.1, 0.15) is 11.8 Å². The summed E-state index contributed by atoms with van der Waals surface area (Å²) in [6, 6.07) is 30.6. The van der Waals surface area contributed by atoms with Crippen LogP contribution in [0, 0.1) is 11.3 Å². The molecule has 0 aliphatic carbocycles. The smallest absolute Gasteiger partial charge is 0.247 e. The predicted molar refractivity (Wildman–Crippen MR) is 145 cm³/mol. The van der Waals surface area contributed by atoms with Gasteiger partial charge in [0, 0.05) is 28.0 Å². The van der Waals surface area contributed by atoms with Gasteiger partial charge in [0.05, 0.1) is 5.56 Å². The van der Waals surface area contributed by atoms with Crippen LogP contribution in [0.4, 0.5) is 11.4 Å². The molecule has 0 fully saturated rings. The van der Waals surface area contributed by atoms with E-state index < -0.39 is 26.9 Å². The predicted octanol–water partition coefficient (Wildman–Crippen LogP) is 6.06. The summed E-state index contributed by atoms with van der Waals surface area (Å²) in [6.45, 7) is 5.76. The Labute approximate surface area is 217 Å². The fourth-order valence-corrected chi connectivity index (χ4v) is 5.27. The zero-order chi connectivity index (χ0) is 26.6. The molecular weight excluding hydrogens is 482 g/mol. The van der Waals surface area contributed by atoms with E-state index in [1.807, 2.05) is 69.3 Å². The van der Waals surface area contributed by atoms with Crippen LogP contribution in [0.25, 0.3) is 11.1 Å². The van der Waals surface area contributed by atoms with Crippen molar-refractivity contribution >= 4 is 27.1 Å². The number of carbonyl (C=O) groups excluding carboxylic acids is 1. The Bertz CT molecular complexity index is 1520. The lowest BCUT2D eigenvalue weighted by atomic mass is 9.89. The third-order valence-corrected chi connectivity index (χ3v) is 7.35. The minimum atomic E-state index is -4.30. The number of nitriles is 1. The minimum Gasteiger partial charge on any atom is -0.280 e. The van der Waals surface area contributed by atoms with Crippen molar-refractivity contribution < 1.29 is 13.2 Å². The molecule has 0 N–H and O–H groups in total. The maximum atomic E-state index is 13.8. The molecule has 0 unspecified atom stereocenters. The average molecular weight is 510 g/mol. The third kappa shape index (κ3) is 5.60. The van der Waals surface area contributed by atoms with Crippen LogP contribution in [0.15, 0.2) is 102 Å². The molecule has 4 rings (SSSR count). The second-order valence-electron chi connectivity index (χ2n) is 9.62. The van der Waals surface area contributed by atoms with Gasteiger partial charge < -0.3 is 0 Å². The standard InChI is InChI=1S/C30H27N3O3S/c1-30(2,3)27-19-25(22-13-7-4-8-14-22)26(20-31)29(32-27)37(35,36)21-28(34)33(23-15-9-5-10-16-23)24-17-11-6-12-18-24/h4-19H,21H2,1-3H3. The van der Waals surface area contributed by atoms with Crippen molar-refractivity contribution in [2.45, 2.75) is 31.2 Å². The molecule has 0 radical (unpaired) electrons. The lowest BCUT2D eigenvalue weighted by Gasteiger charge is -2.24. The average Bonchev–Trinajstić information content (AvgIpc) is 2.89. The van der Waals surface area contributed by atoms with Crippen molar-refractivity contribution in [2.75, 3.05) is 10.7 Å². The largest absolute Gasteiger partial charge is 0.280 e. The van der Waals surface area contributed by atoms with Gasteiger partial charge >= 0.3 is 0 Å². The number of hydrogen-bond acceptors (Lipinski definition) is 5. The highest BCUT2D eigenvalue weighted by Crippen LogP contribution is 2.33. The Morgan fingerprint density at radius 3 is 1.81 bits per heavy atom. The van der Waals surface area contributed by atoms with E-state index in [9.17, 15) is 18.5 Å². The molecule has 0 bridgehead atoms. The van der Waals surface area contributed by atoms with Gasteiger partial charge in [0.2, 0.25) is 15.7 Å². The molecule has 1 heterocycles. The maximum Gasteiger partial charge on any atom is 0.247 e. The molecule has 0 atom stereocenters. The second kappa shape index (κ2) is 10.4. The number of amides is 1. The molecule has 37 heavy (non-hydrogen) atoms. The van der Waals surface area contributed by atoms with Gasteiger partial charge in [-0.1, -0.05) is 87.5 Å². The summed E-state index contributed by atoms with van der Waals surface area (Å²) in [6.07, 6.45) is 0. The van der Waals surface area contributed by atoms with Crippen molar-refractivity contribution in [2.24, 2.45) is 0 Å². The molecule has 6 nitrogen and oxygen atoms in total. The Hall–Kier alpha value is -4.28. The number of hydrogen-bond donors (Lipinski definition) is 0. The Balaban J connectivity index is 1.85. The molecule has 4 aromatic rings. The first kappa shape index (κ1) is 25.8. The van der Waals surface area contributed by atoms with E-state index in [1.54, 1.807) is 54.6 Å². The Kier molecular flexibility index (Phi) is 7.23. The number of nitrogens with zero attached hydrogens (tertiary/aromatic N) is 3. The van der Waals surface area contributed by atoms with E-state index in [-0.39, 0.29) is 10.6 Å². The van der Waals surface area contributed by atoms with E-state index in [0.29, 0.717) is 28.2 Å². The van der Waals surface area contributed by atoms with Gasteiger partial charge in [-0.2, -0.15) is 5.26 Å². The molecule has 0 spiro atoms. The summed E-state index contributed by atoms with van der Waals surface area (Å²) in [5.74, 6) is -1.49. The van der Waals surface area contributed by atoms with Crippen LogP contribution in [0.1, 0.15) is 32.0 Å². The number of carbonyl (C=O) groups is 1. The molecular formula is C30H27N3O3S. The number of pyridine rings is 1. The van der Waals surface area contributed by atoms with Crippen LogP contribution in [0.2, 0.25) is 0 Å². The first-order chi connectivity index (χ1) is 17.6. The highest BCUT2D eigenvalue weighted by Gasteiger charge is 2.32. The van der Waals surface area contributed by atoms with E-state index >= 15 is 0 Å². The first-order valence-corrected chi connectivity index (χ1v) is 13.4. The van der Waals surface area contributed by atoms with E-state index in [1.165, 1.54) is 4.90 Å². The topological polar surface area (TPSA) is 91.1 Å². The van der Waals surface area contributed by atoms with E-state index in [2.05, 4.69) is 4.98 Å². The van der Waals surface area contributed by atoms with Crippen LogP contribution in [-0.2, 0) is 20.0 Å². The first-order valence-electron chi connectivity index (χ1n) is 11.8. The fraction of sp³-hybridized carbons (Fsp3) is 0.167. The van der Waals surface area contributed by atoms with Crippen molar-refractivity contribution in [1.82, 2.24) is 4.98 Å². The summed E-state index contributed by atoms with van der Waals surface area (Å²) >= 11 is 0. The number of rotatable bonds is 6. The van der Waals surface area contributed by atoms with Crippen LogP contribution < -0.4 is 4.90 Å². The molecule has 7 heteroatoms. The summed E-state index contributed by atoms with van der Waals surface area (Å²) in [5.41, 5.74) is 2.19. The lowest BCUT2D eigenvalue weighted by molar-refractivity contribution is -0.115. The Morgan fingerprint density at radius 2 is 1.35 bits per heavy atom. The fourth-order valence-electron chi connectivity index (χ4n) is 3.97. The van der Waals surface area contributed by atoms with Crippen molar-refractivity contribution in [3.63, 3.8) is 0 Å². The summed E-state index contributed by atoms with van der Waals surface area (Å²) < 4.78 is 27.6. The van der Waals surface area contributed by atoms with Crippen LogP contribution in [0.5, 0.6) is 0 Å². The zero-order valence-electron chi connectivity index (χ0n) is 20.9. The van der Waals surface area contributed by atoms with Crippen molar-refractivity contribution in [1.29, 1.82) is 5.26 Å². The summed E-state index contributed by atoms with van der Waals surface area (Å²) in [5, 5.41) is 9.69. The van der Waals surface area contributed by atoms with Gasteiger partial charge in [-0.3, -0.25) is 9.69 Å². The summed E-state index contributed by atoms with van der Waals surface area (Å²) in [7, 11) is -4.30. The molecule has 0 saturated heterocycles. The highest BCUT2D eigenvalue weighted by molar-refractivity contribution is 7.92. The zero-order valence-corrected chi connectivity index (χ0v) is 21.7. The van der Waals surface area contributed by atoms with Crippen molar-refractivity contribution in [3.8, 4) is 17.2 Å². The highest BCUT2D eigenvalue weighted by atomic mass is 32.2. The molecule has 0 saturated carbocycles. The molecule has 0 aliphatic rings. The minimum absolute atomic E-state index is 0.0713. The quantitative estimate of drug-likeness (QED) is 0.315. The number of anilines is 2. The lowest BCUT2D eigenvalue weighted by Crippen LogP contribution is -2.33. The molecule has 0 aliphatic heterocycles. The normalized spacial score (nSPS) is 11.5. The molecule has 1 aromatic heterocycles. The number of para-hydroxylation sites is 2. The number of sulfone groups is 1. The van der Waals surface area contributed by atoms with Crippen LogP contribution in [-0.4, -0.2) is 25.1 Å². The Morgan fingerprint density at radius 1 is 0.865 bits per heavy atom. The van der Waals surface area contributed by atoms with Crippen LogP contribution in [0.3, 0.4) is 0 Å². The van der Waals surface area contributed by atoms with Gasteiger partial charge in [-0.05, 0) is 35.9 Å². The van der Waals surface area contributed by atoms with Gasteiger partial charge in [0.25, 0.3) is 0 Å².